The van der Waals surface area contributed by atoms with E-state index < -0.39 is 35.8 Å². The number of anilines is 1. The van der Waals surface area contributed by atoms with Gasteiger partial charge in [-0.3, -0.25) is 5.43 Å². The summed E-state index contributed by atoms with van der Waals surface area (Å²) in [4.78, 5) is 23.8. The first kappa shape index (κ1) is 22.0. The Morgan fingerprint density at radius 2 is 1.58 bits per heavy atom. The predicted molar refractivity (Wildman–Crippen MR) is 90.3 cm³/mol. The molecule has 0 unspecified atom stereocenters. The average Bonchev–Trinajstić information content (AvgIpc) is 3.09. The lowest BCUT2D eigenvalue weighted by atomic mass is 10.1. The molecule has 1 saturated heterocycles. The van der Waals surface area contributed by atoms with Gasteiger partial charge in [-0.05, 0) is 17.1 Å². The van der Waals surface area contributed by atoms with Crippen LogP contribution in [0, 0.1) is 11.3 Å². The summed E-state index contributed by atoms with van der Waals surface area (Å²) in [5.41, 5.74) is 0.929. The van der Waals surface area contributed by atoms with Crippen LogP contribution in [-0.2, 0) is 19.1 Å². The van der Waals surface area contributed by atoms with Crippen molar-refractivity contribution in [2.24, 2.45) is 5.10 Å². The molecule has 0 bridgehead atoms. The number of alkyl halides is 6. The van der Waals surface area contributed by atoms with Gasteiger partial charge in [-0.15, -0.1) is 0 Å². The van der Waals surface area contributed by atoms with Crippen molar-refractivity contribution in [2.75, 3.05) is 5.43 Å². The van der Waals surface area contributed by atoms with Gasteiger partial charge in [-0.25, -0.2) is 9.59 Å². The molecule has 1 aromatic heterocycles. The molecule has 2 aromatic rings. The van der Waals surface area contributed by atoms with Crippen LogP contribution in [0.3, 0.4) is 0 Å². The summed E-state index contributed by atoms with van der Waals surface area (Å²) in [7, 11) is 0. The summed E-state index contributed by atoms with van der Waals surface area (Å²) < 4.78 is 88.1. The molecule has 1 N–H and O–H groups in total. The number of halogens is 6. The Labute approximate surface area is 171 Å². The Kier molecular flexibility index (Phi) is 5.36. The first-order valence-electron chi connectivity index (χ1n) is 7.80. The van der Waals surface area contributed by atoms with Crippen LogP contribution in [0.15, 0.2) is 35.4 Å². The van der Waals surface area contributed by atoms with Gasteiger partial charge in [-0.2, -0.15) is 41.1 Å². The maximum absolute atomic E-state index is 12.9. The normalized spacial score (nSPS) is 16.2. The van der Waals surface area contributed by atoms with Gasteiger partial charge in [0.1, 0.15) is 11.6 Å². The number of carbonyl (C=O) groups excluding carboxylic acids is 2. The van der Waals surface area contributed by atoms with E-state index in [9.17, 15) is 41.2 Å². The molecule has 162 valence electrons. The van der Waals surface area contributed by atoms with E-state index in [0.717, 1.165) is 11.5 Å². The zero-order valence-corrected chi connectivity index (χ0v) is 15.4. The summed E-state index contributed by atoms with van der Waals surface area (Å²) >= 11 is 0.814. The molecule has 1 aromatic carbocycles. The molecule has 15 heteroatoms. The number of aromatic nitrogens is 1. The summed E-state index contributed by atoms with van der Waals surface area (Å²) in [6, 6.07) is 10.1. The minimum atomic E-state index is -6.30. The fourth-order valence-corrected chi connectivity index (χ4v) is 3.10. The minimum absolute atomic E-state index is 0.0991. The fraction of sp³-hybridized carbons (Fsp3) is 0.188. The Morgan fingerprint density at radius 3 is 2.06 bits per heavy atom. The van der Waals surface area contributed by atoms with Crippen LogP contribution in [0.1, 0.15) is 5.56 Å². The quantitative estimate of drug-likeness (QED) is 0.421. The molecular weight excluding hydrogens is 458 g/mol. The van der Waals surface area contributed by atoms with Crippen molar-refractivity contribution in [3.63, 3.8) is 0 Å². The van der Waals surface area contributed by atoms with Crippen molar-refractivity contribution >= 4 is 35.0 Å². The van der Waals surface area contributed by atoms with Crippen LogP contribution in [0.4, 0.5) is 32.2 Å². The number of rotatable bonds is 3. The molecule has 0 atom stereocenters. The maximum Gasteiger partial charge on any atom is 0.478 e. The molecule has 0 spiro atoms. The van der Waals surface area contributed by atoms with Crippen LogP contribution in [0.5, 0.6) is 0 Å². The molecule has 8 nitrogen and oxygen atoms in total. The van der Waals surface area contributed by atoms with Crippen LogP contribution >= 0.6 is 11.5 Å². The number of nitrogens with one attached hydrogen (secondary N) is 1. The lowest BCUT2D eigenvalue weighted by molar-refractivity contribution is -0.443. The van der Waals surface area contributed by atoms with E-state index in [1.165, 1.54) is 0 Å². The molecule has 1 fully saturated rings. The summed E-state index contributed by atoms with van der Waals surface area (Å²) in [5.74, 6) is -10.4. The van der Waals surface area contributed by atoms with Crippen LogP contribution in [0.2, 0.25) is 0 Å². The number of hydrogen-bond donors (Lipinski definition) is 1. The number of benzene rings is 1. The number of nitriles is 1. The van der Waals surface area contributed by atoms with Crippen LogP contribution in [-0.4, -0.2) is 40.2 Å². The van der Waals surface area contributed by atoms with Crippen molar-refractivity contribution in [3.8, 4) is 16.5 Å². The Morgan fingerprint density at radius 1 is 1.03 bits per heavy atom. The van der Waals surface area contributed by atoms with Crippen molar-refractivity contribution in [1.82, 2.24) is 4.37 Å². The highest BCUT2D eigenvalue weighted by Crippen LogP contribution is 2.48. The van der Waals surface area contributed by atoms with Crippen molar-refractivity contribution in [3.05, 3.63) is 35.9 Å². The van der Waals surface area contributed by atoms with E-state index in [2.05, 4.69) is 18.9 Å². The highest BCUT2D eigenvalue weighted by Gasteiger charge is 2.80. The second-order valence-electron chi connectivity index (χ2n) is 5.68. The molecule has 0 saturated carbocycles. The third kappa shape index (κ3) is 3.77. The van der Waals surface area contributed by atoms with Crippen LogP contribution < -0.4 is 5.43 Å². The molecule has 2 heterocycles. The summed E-state index contributed by atoms with van der Waals surface area (Å²) in [6.07, 6.45) is -12.6. The van der Waals surface area contributed by atoms with E-state index in [1.54, 1.807) is 36.4 Å². The SMILES string of the molecule is N#Cc1c(NN=C2C(=O)OC(C(F)(F)F)(C(F)(F)F)OC2=O)nsc1-c1ccccc1. The highest BCUT2D eigenvalue weighted by atomic mass is 32.1. The smallest absolute Gasteiger partial charge is 0.402 e. The highest BCUT2D eigenvalue weighted by molar-refractivity contribution is 7.10. The van der Waals surface area contributed by atoms with Gasteiger partial charge in [0.2, 0.25) is 0 Å². The second-order valence-corrected chi connectivity index (χ2v) is 6.45. The van der Waals surface area contributed by atoms with Crippen molar-refractivity contribution < 1.29 is 45.4 Å². The minimum Gasteiger partial charge on any atom is -0.402 e. The zero-order chi connectivity index (χ0) is 23.0. The molecule has 1 aliphatic rings. The zero-order valence-electron chi connectivity index (χ0n) is 14.5. The standard InChI is InChI=1S/C16H6F6N4O4S/c17-15(18,19)14(16(20,21)22)29-12(27)9(13(28)30-14)24-25-11-8(6-23)10(31-26-11)7-4-2-1-3-5-7/h1-5H,(H,25,26). The van der Waals surface area contributed by atoms with E-state index in [1.807, 2.05) is 5.43 Å². The number of esters is 2. The van der Waals surface area contributed by atoms with Crippen molar-refractivity contribution in [2.45, 2.75) is 18.1 Å². The lowest BCUT2D eigenvalue weighted by Gasteiger charge is -2.37. The van der Waals surface area contributed by atoms with E-state index in [-0.39, 0.29) is 11.4 Å². The largest absolute Gasteiger partial charge is 0.478 e. The molecule has 0 amide bonds. The van der Waals surface area contributed by atoms with Crippen LogP contribution in [0.25, 0.3) is 10.4 Å². The number of cyclic esters (lactones) is 2. The first-order chi connectivity index (χ1) is 14.4. The molecule has 3 rings (SSSR count). The first-order valence-corrected chi connectivity index (χ1v) is 8.57. The summed E-state index contributed by atoms with van der Waals surface area (Å²) in [6.45, 7) is 0. The van der Waals surface area contributed by atoms with Crippen molar-refractivity contribution in [1.29, 1.82) is 5.26 Å². The molecule has 0 aliphatic carbocycles. The summed E-state index contributed by atoms with van der Waals surface area (Å²) in [5, 5.41) is 12.5. The Hall–Kier alpha value is -3.67. The van der Waals surface area contributed by atoms with E-state index in [0.29, 0.717) is 10.4 Å². The number of ether oxygens (including phenoxy) is 2. The maximum atomic E-state index is 12.9. The average molecular weight is 464 g/mol. The Balaban J connectivity index is 1.90. The molecule has 1 aliphatic heterocycles. The molecular formula is C16H6F6N4O4S. The number of carbonyl (C=O) groups is 2. The topological polar surface area (TPSA) is 114 Å². The van der Waals surface area contributed by atoms with Gasteiger partial charge in [0.05, 0.1) is 4.88 Å². The lowest BCUT2D eigenvalue weighted by Crippen LogP contribution is -2.66. The Bertz CT molecular complexity index is 1070. The van der Waals surface area contributed by atoms with Gasteiger partial charge >= 0.3 is 30.1 Å². The van der Waals surface area contributed by atoms with Gasteiger partial charge in [0.25, 0.3) is 5.71 Å². The van der Waals surface area contributed by atoms with Gasteiger partial charge < -0.3 is 9.47 Å². The number of nitrogens with zero attached hydrogens (tertiary/aromatic N) is 3. The third-order valence-corrected chi connectivity index (χ3v) is 4.62. The third-order valence-electron chi connectivity index (χ3n) is 3.72. The van der Waals surface area contributed by atoms with Gasteiger partial charge in [-0.1, -0.05) is 30.3 Å². The monoisotopic (exact) mass is 464 g/mol. The second kappa shape index (κ2) is 7.54. The molecule has 31 heavy (non-hydrogen) atoms. The van der Waals surface area contributed by atoms with Gasteiger partial charge in [0, 0.05) is 0 Å². The number of hydrogen-bond acceptors (Lipinski definition) is 9. The van der Waals surface area contributed by atoms with Gasteiger partial charge in [0.15, 0.2) is 5.82 Å². The van der Waals surface area contributed by atoms with E-state index >= 15 is 0 Å². The fourth-order valence-electron chi connectivity index (χ4n) is 2.31. The molecule has 0 radical (unpaired) electrons. The predicted octanol–water partition coefficient (Wildman–Crippen LogP) is 3.37. The van der Waals surface area contributed by atoms with E-state index in [4.69, 9.17) is 0 Å². The number of hydrazone groups is 1.